The molecular formula is C18H23N3O5S. The van der Waals surface area contributed by atoms with Gasteiger partial charge >= 0.3 is 12.0 Å². The van der Waals surface area contributed by atoms with E-state index < -0.39 is 23.4 Å². The van der Waals surface area contributed by atoms with Crippen LogP contribution in [-0.4, -0.2) is 47.4 Å². The summed E-state index contributed by atoms with van der Waals surface area (Å²) in [6, 6.07) is 1.02. The van der Waals surface area contributed by atoms with E-state index >= 15 is 0 Å². The number of amides is 4. The van der Waals surface area contributed by atoms with Crippen molar-refractivity contribution in [3.8, 4) is 0 Å². The van der Waals surface area contributed by atoms with E-state index in [1.54, 1.807) is 18.4 Å². The molecule has 3 rings (SSSR count). The Morgan fingerprint density at radius 2 is 2.19 bits per heavy atom. The average molecular weight is 393 g/mol. The van der Waals surface area contributed by atoms with E-state index in [1.165, 1.54) is 11.3 Å². The van der Waals surface area contributed by atoms with Gasteiger partial charge in [0.05, 0.1) is 12.2 Å². The zero-order valence-corrected chi connectivity index (χ0v) is 16.2. The van der Waals surface area contributed by atoms with Gasteiger partial charge in [-0.1, -0.05) is 19.8 Å². The molecule has 2 fully saturated rings. The number of esters is 1. The van der Waals surface area contributed by atoms with Crippen molar-refractivity contribution >= 4 is 40.2 Å². The standard InChI is InChI=1S/C18H23N3O5S/c1-3-26-15(23)12-7-9-27-14(12)19-13(22)10-21-16(24)18(20-17(21)25)8-5-4-6-11(18)2/h7,9,11H,3-6,8,10H2,1-2H3,(H,19,22)(H,20,25). The maximum atomic E-state index is 12.9. The van der Waals surface area contributed by atoms with Crippen molar-refractivity contribution in [3.05, 3.63) is 17.0 Å². The molecule has 0 radical (unpaired) electrons. The molecule has 2 aliphatic rings. The lowest BCUT2D eigenvalue weighted by Crippen LogP contribution is -2.54. The van der Waals surface area contributed by atoms with Crippen molar-refractivity contribution in [3.63, 3.8) is 0 Å². The third-order valence-electron chi connectivity index (χ3n) is 5.22. The Morgan fingerprint density at radius 3 is 2.89 bits per heavy atom. The number of anilines is 1. The zero-order valence-electron chi connectivity index (χ0n) is 15.4. The molecule has 1 aromatic heterocycles. The maximum Gasteiger partial charge on any atom is 0.341 e. The number of nitrogens with one attached hydrogen (secondary N) is 2. The second-order valence-electron chi connectivity index (χ2n) is 6.87. The molecule has 2 unspecified atom stereocenters. The van der Waals surface area contributed by atoms with Crippen LogP contribution in [0, 0.1) is 5.92 Å². The van der Waals surface area contributed by atoms with Gasteiger partial charge in [-0.15, -0.1) is 11.3 Å². The monoisotopic (exact) mass is 393 g/mol. The molecule has 0 bridgehead atoms. The summed E-state index contributed by atoms with van der Waals surface area (Å²) in [5.74, 6) is -1.37. The summed E-state index contributed by atoms with van der Waals surface area (Å²) >= 11 is 1.18. The molecule has 4 amide bonds. The largest absolute Gasteiger partial charge is 0.462 e. The first kappa shape index (κ1) is 19.3. The molecule has 27 heavy (non-hydrogen) atoms. The van der Waals surface area contributed by atoms with Gasteiger partial charge in [0.1, 0.15) is 17.1 Å². The van der Waals surface area contributed by atoms with Crippen molar-refractivity contribution in [2.24, 2.45) is 5.92 Å². The van der Waals surface area contributed by atoms with Crippen molar-refractivity contribution in [1.82, 2.24) is 10.2 Å². The van der Waals surface area contributed by atoms with Crippen LogP contribution >= 0.6 is 11.3 Å². The summed E-state index contributed by atoms with van der Waals surface area (Å²) in [6.07, 6.45) is 3.36. The highest BCUT2D eigenvalue weighted by Gasteiger charge is 2.55. The first-order valence-corrected chi connectivity index (χ1v) is 9.95. The van der Waals surface area contributed by atoms with Crippen LogP contribution in [0.2, 0.25) is 0 Å². The zero-order chi connectivity index (χ0) is 19.6. The maximum absolute atomic E-state index is 12.9. The van der Waals surface area contributed by atoms with Gasteiger partial charge in [0.2, 0.25) is 5.91 Å². The molecule has 1 saturated carbocycles. The number of urea groups is 1. The highest BCUT2D eigenvalue weighted by atomic mass is 32.1. The second-order valence-corrected chi connectivity index (χ2v) is 7.79. The van der Waals surface area contributed by atoms with Crippen molar-refractivity contribution < 1.29 is 23.9 Å². The van der Waals surface area contributed by atoms with E-state index in [0.717, 1.165) is 24.2 Å². The van der Waals surface area contributed by atoms with Crippen LogP contribution in [0.25, 0.3) is 0 Å². The highest BCUT2D eigenvalue weighted by Crippen LogP contribution is 2.38. The van der Waals surface area contributed by atoms with Crippen LogP contribution in [0.15, 0.2) is 11.4 Å². The predicted molar refractivity (Wildman–Crippen MR) is 99.5 cm³/mol. The number of carbonyl (C=O) groups is 4. The fraction of sp³-hybridized carbons (Fsp3) is 0.556. The fourth-order valence-electron chi connectivity index (χ4n) is 3.72. The average Bonchev–Trinajstić information content (AvgIpc) is 3.17. The summed E-state index contributed by atoms with van der Waals surface area (Å²) in [5, 5.41) is 7.42. The Morgan fingerprint density at radius 1 is 1.41 bits per heavy atom. The van der Waals surface area contributed by atoms with Crippen molar-refractivity contribution in [1.29, 1.82) is 0 Å². The van der Waals surface area contributed by atoms with Gasteiger partial charge in [-0.05, 0) is 37.1 Å². The van der Waals surface area contributed by atoms with E-state index in [0.29, 0.717) is 11.4 Å². The second kappa shape index (κ2) is 7.67. The van der Waals surface area contributed by atoms with Crippen LogP contribution < -0.4 is 10.6 Å². The van der Waals surface area contributed by atoms with E-state index in [-0.39, 0.29) is 30.5 Å². The summed E-state index contributed by atoms with van der Waals surface area (Å²) in [6.45, 7) is 3.49. The Hall–Kier alpha value is -2.42. The third kappa shape index (κ3) is 3.55. The van der Waals surface area contributed by atoms with Gasteiger partial charge in [-0.3, -0.25) is 14.5 Å². The smallest absolute Gasteiger partial charge is 0.341 e. The molecule has 2 atom stereocenters. The number of rotatable bonds is 5. The molecule has 9 heteroatoms. The normalized spacial score (nSPS) is 24.8. The van der Waals surface area contributed by atoms with E-state index in [2.05, 4.69) is 10.6 Å². The number of imide groups is 1. The molecular weight excluding hydrogens is 370 g/mol. The van der Waals surface area contributed by atoms with E-state index in [1.807, 2.05) is 6.92 Å². The number of ether oxygens (including phenoxy) is 1. The summed E-state index contributed by atoms with van der Waals surface area (Å²) in [7, 11) is 0. The number of carbonyl (C=O) groups excluding carboxylic acids is 4. The van der Waals surface area contributed by atoms with Gasteiger partial charge in [0.15, 0.2) is 0 Å². The Labute approximate surface area is 161 Å². The molecule has 1 aromatic rings. The third-order valence-corrected chi connectivity index (χ3v) is 6.05. The van der Waals surface area contributed by atoms with Crippen LogP contribution in [0.3, 0.4) is 0 Å². The van der Waals surface area contributed by atoms with Gasteiger partial charge in [-0.25, -0.2) is 9.59 Å². The first-order chi connectivity index (χ1) is 12.9. The number of thiophene rings is 1. The molecule has 8 nitrogen and oxygen atoms in total. The van der Waals surface area contributed by atoms with Gasteiger partial charge < -0.3 is 15.4 Å². The van der Waals surface area contributed by atoms with Gasteiger partial charge in [0.25, 0.3) is 5.91 Å². The SMILES string of the molecule is CCOC(=O)c1ccsc1NC(=O)CN1C(=O)NC2(CCCCC2C)C1=O. The van der Waals surface area contributed by atoms with Crippen molar-refractivity contribution in [2.45, 2.75) is 45.1 Å². The van der Waals surface area contributed by atoms with Gasteiger partial charge in [-0.2, -0.15) is 0 Å². The van der Waals surface area contributed by atoms with Crippen molar-refractivity contribution in [2.75, 3.05) is 18.5 Å². The molecule has 1 spiro atoms. The molecule has 0 aromatic carbocycles. The first-order valence-electron chi connectivity index (χ1n) is 9.07. The molecule has 1 aliphatic carbocycles. The fourth-order valence-corrected chi connectivity index (χ4v) is 4.52. The minimum Gasteiger partial charge on any atom is -0.462 e. The molecule has 2 heterocycles. The summed E-state index contributed by atoms with van der Waals surface area (Å²) in [5.41, 5.74) is -0.640. The quantitative estimate of drug-likeness (QED) is 0.590. The summed E-state index contributed by atoms with van der Waals surface area (Å²) < 4.78 is 4.95. The van der Waals surface area contributed by atoms with Crippen LogP contribution in [0.1, 0.15) is 49.9 Å². The molecule has 2 N–H and O–H groups in total. The number of hydrogen-bond donors (Lipinski definition) is 2. The van der Waals surface area contributed by atoms with Crippen LogP contribution in [-0.2, 0) is 14.3 Å². The Bertz CT molecular complexity index is 777. The Kier molecular flexibility index (Phi) is 5.50. The highest BCUT2D eigenvalue weighted by molar-refractivity contribution is 7.14. The van der Waals surface area contributed by atoms with E-state index in [9.17, 15) is 19.2 Å². The van der Waals surface area contributed by atoms with Crippen LogP contribution in [0.4, 0.5) is 9.80 Å². The molecule has 146 valence electrons. The van der Waals surface area contributed by atoms with E-state index in [4.69, 9.17) is 4.74 Å². The lowest BCUT2D eigenvalue weighted by molar-refractivity contribution is -0.136. The molecule has 1 aliphatic heterocycles. The number of hydrogen-bond acceptors (Lipinski definition) is 6. The minimum atomic E-state index is -0.894. The van der Waals surface area contributed by atoms with Crippen LogP contribution in [0.5, 0.6) is 0 Å². The van der Waals surface area contributed by atoms with Gasteiger partial charge in [0, 0.05) is 0 Å². The topological polar surface area (TPSA) is 105 Å². The lowest BCUT2D eigenvalue weighted by Gasteiger charge is -2.36. The predicted octanol–water partition coefficient (Wildman–Crippen LogP) is 2.36. The minimum absolute atomic E-state index is 0.0310. The lowest BCUT2D eigenvalue weighted by atomic mass is 9.73. The molecule has 1 saturated heterocycles. The number of nitrogens with zero attached hydrogens (tertiary/aromatic N) is 1. The summed E-state index contributed by atoms with van der Waals surface area (Å²) in [4.78, 5) is 50.5. The Balaban J connectivity index is 1.68.